The van der Waals surface area contributed by atoms with E-state index < -0.39 is 0 Å². The van der Waals surface area contributed by atoms with E-state index in [4.69, 9.17) is 0 Å². The molecule has 3 heteroatoms. The first kappa shape index (κ1) is 18.3. The van der Waals surface area contributed by atoms with Gasteiger partial charge in [-0.1, -0.05) is 33.6 Å². The molecule has 1 aliphatic rings. The van der Waals surface area contributed by atoms with Gasteiger partial charge in [-0.15, -0.1) is 0 Å². The summed E-state index contributed by atoms with van der Waals surface area (Å²) in [6.07, 6.45) is 7.57. The van der Waals surface area contributed by atoms with Gasteiger partial charge in [0.25, 0.3) is 0 Å². The van der Waals surface area contributed by atoms with E-state index in [0.29, 0.717) is 17.9 Å². The van der Waals surface area contributed by atoms with Crippen molar-refractivity contribution in [2.75, 3.05) is 37.7 Å². The van der Waals surface area contributed by atoms with Crippen molar-refractivity contribution in [3.8, 4) is 0 Å². The smallest absolute Gasteiger partial charge is 0.0459 e. The Labute approximate surface area is 130 Å². The maximum absolute atomic E-state index is 9.47. The van der Waals surface area contributed by atoms with Crippen molar-refractivity contribution in [2.45, 2.75) is 59.3 Å². The molecule has 20 heavy (non-hydrogen) atoms. The molecule has 0 unspecified atom stereocenters. The summed E-state index contributed by atoms with van der Waals surface area (Å²) in [4.78, 5) is 2.61. The fourth-order valence-electron chi connectivity index (χ4n) is 2.73. The lowest BCUT2D eigenvalue weighted by molar-refractivity contribution is 0.189. The van der Waals surface area contributed by atoms with Crippen LogP contribution < -0.4 is 0 Å². The minimum Gasteiger partial charge on any atom is -0.396 e. The summed E-state index contributed by atoms with van der Waals surface area (Å²) >= 11 is 2.09. The Morgan fingerprint density at radius 3 is 2.35 bits per heavy atom. The molecule has 0 bridgehead atoms. The molecule has 1 fully saturated rings. The summed E-state index contributed by atoms with van der Waals surface area (Å²) in [5, 5.41) is 9.47. The number of thioether (sulfide) groups is 1. The molecule has 1 aliphatic heterocycles. The summed E-state index contributed by atoms with van der Waals surface area (Å²) in [5.41, 5.74) is 0.402. The molecule has 0 aromatic carbocycles. The molecule has 1 saturated heterocycles. The van der Waals surface area contributed by atoms with E-state index in [-0.39, 0.29) is 0 Å². The lowest BCUT2D eigenvalue weighted by Crippen LogP contribution is -2.33. The number of aliphatic hydroxyl groups excluding tert-OH is 1. The predicted octanol–water partition coefficient (Wildman–Crippen LogP) is 4.03. The van der Waals surface area contributed by atoms with Crippen molar-refractivity contribution in [1.82, 2.24) is 4.90 Å². The predicted molar refractivity (Wildman–Crippen MR) is 91.5 cm³/mol. The fourth-order valence-corrected chi connectivity index (χ4v) is 3.71. The minimum absolute atomic E-state index is 0.374. The molecule has 1 N–H and O–H groups in total. The number of hydrogen-bond acceptors (Lipinski definition) is 3. The summed E-state index contributed by atoms with van der Waals surface area (Å²) in [5.74, 6) is 3.17. The Morgan fingerprint density at radius 1 is 1.05 bits per heavy atom. The van der Waals surface area contributed by atoms with Gasteiger partial charge in [-0.05, 0) is 43.6 Å². The lowest BCUT2D eigenvalue weighted by atomic mass is 9.85. The van der Waals surface area contributed by atoms with Gasteiger partial charge in [0.1, 0.15) is 0 Å². The molecular weight excluding hydrogens is 266 g/mol. The Bertz CT molecular complexity index is 234. The van der Waals surface area contributed by atoms with Crippen molar-refractivity contribution in [3.05, 3.63) is 0 Å². The van der Waals surface area contributed by atoms with Gasteiger partial charge in [0.2, 0.25) is 0 Å². The van der Waals surface area contributed by atoms with Crippen LogP contribution in [0.2, 0.25) is 0 Å². The number of nitrogens with zero attached hydrogens (tertiary/aromatic N) is 1. The van der Waals surface area contributed by atoms with E-state index >= 15 is 0 Å². The first-order chi connectivity index (χ1) is 9.51. The summed E-state index contributed by atoms with van der Waals surface area (Å²) in [6.45, 7) is 11.1. The topological polar surface area (TPSA) is 23.5 Å². The van der Waals surface area contributed by atoms with Crippen LogP contribution >= 0.6 is 11.8 Å². The van der Waals surface area contributed by atoms with Crippen LogP contribution in [0.3, 0.4) is 0 Å². The second kappa shape index (κ2) is 10.1. The van der Waals surface area contributed by atoms with E-state index in [2.05, 4.69) is 37.4 Å². The van der Waals surface area contributed by atoms with Crippen molar-refractivity contribution < 1.29 is 5.11 Å². The highest BCUT2D eigenvalue weighted by molar-refractivity contribution is 7.99. The van der Waals surface area contributed by atoms with Crippen LogP contribution in [-0.2, 0) is 0 Å². The number of unbranched alkanes of at least 4 members (excludes halogenated alkanes) is 2. The van der Waals surface area contributed by atoms with E-state index in [0.717, 1.165) is 0 Å². The second-order valence-corrected chi connectivity index (χ2v) is 8.68. The molecule has 1 atom stereocenters. The van der Waals surface area contributed by atoms with E-state index in [1.807, 2.05) is 0 Å². The van der Waals surface area contributed by atoms with Gasteiger partial charge in [0.15, 0.2) is 0 Å². The van der Waals surface area contributed by atoms with E-state index in [1.165, 1.54) is 69.7 Å². The zero-order valence-corrected chi connectivity index (χ0v) is 14.7. The van der Waals surface area contributed by atoms with Gasteiger partial charge in [0, 0.05) is 31.2 Å². The first-order valence-electron chi connectivity index (χ1n) is 8.42. The summed E-state index contributed by atoms with van der Waals surface area (Å²) in [7, 11) is 0. The van der Waals surface area contributed by atoms with Gasteiger partial charge < -0.3 is 10.0 Å². The van der Waals surface area contributed by atoms with Crippen molar-refractivity contribution in [2.24, 2.45) is 11.3 Å². The maximum atomic E-state index is 9.47. The van der Waals surface area contributed by atoms with E-state index in [1.54, 1.807) is 0 Å². The molecule has 0 saturated carbocycles. The van der Waals surface area contributed by atoms with Gasteiger partial charge in [-0.2, -0.15) is 11.8 Å². The molecule has 1 rings (SSSR count). The third-order valence-electron chi connectivity index (χ3n) is 4.25. The molecule has 0 aliphatic carbocycles. The monoisotopic (exact) mass is 301 g/mol. The second-order valence-electron chi connectivity index (χ2n) is 7.45. The molecule has 2 nitrogen and oxygen atoms in total. The Balaban J connectivity index is 2.00. The van der Waals surface area contributed by atoms with Gasteiger partial charge in [-0.3, -0.25) is 0 Å². The van der Waals surface area contributed by atoms with Crippen LogP contribution in [0, 0.1) is 11.3 Å². The van der Waals surface area contributed by atoms with Crippen LogP contribution in [0.25, 0.3) is 0 Å². The number of hydrogen-bond donors (Lipinski definition) is 1. The zero-order chi connectivity index (χ0) is 14.8. The van der Waals surface area contributed by atoms with Gasteiger partial charge in [0.05, 0.1) is 0 Å². The van der Waals surface area contributed by atoms with Crippen molar-refractivity contribution in [3.63, 3.8) is 0 Å². The molecule has 120 valence electrons. The molecule has 0 spiro atoms. The first-order valence-corrected chi connectivity index (χ1v) is 9.58. The molecular formula is C17H35NOS. The fraction of sp³-hybridized carbons (Fsp3) is 1.00. The molecule has 0 amide bonds. The van der Waals surface area contributed by atoms with E-state index in [9.17, 15) is 5.11 Å². The third-order valence-corrected chi connectivity index (χ3v) is 5.19. The number of rotatable bonds is 9. The van der Waals surface area contributed by atoms with Gasteiger partial charge in [-0.25, -0.2) is 0 Å². The van der Waals surface area contributed by atoms with Gasteiger partial charge >= 0.3 is 0 Å². The summed E-state index contributed by atoms with van der Waals surface area (Å²) in [6, 6.07) is 0. The Kier molecular flexibility index (Phi) is 9.23. The SMILES string of the molecule is CC(C)(C)CC[C@@H](CO)CCCCCN1CCSCC1. The van der Waals surface area contributed by atoms with Crippen molar-refractivity contribution in [1.29, 1.82) is 0 Å². The standard InChI is InChI=1S/C17H35NOS/c1-17(2,3)9-8-16(15-19)7-5-4-6-10-18-11-13-20-14-12-18/h16,19H,4-15H2,1-3H3/t16-/m0/s1. The van der Waals surface area contributed by atoms with Crippen molar-refractivity contribution >= 4 is 11.8 Å². The summed E-state index contributed by atoms with van der Waals surface area (Å²) < 4.78 is 0. The minimum atomic E-state index is 0.374. The largest absolute Gasteiger partial charge is 0.396 e. The van der Waals surface area contributed by atoms with Crippen LogP contribution in [-0.4, -0.2) is 47.8 Å². The normalized spacial score (nSPS) is 19.2. The van der Waals surface area contributed by atoms with Crippen LogP contribution in [0.15, 0.2) is 0 Å². The zero-order valence-electron chi connectivity index (χ0n) is 13.9. The quantitative estimate of drug-likeness (QED) is 0.650. The number of aliphatic hydroxyl groups is 1. The highest BCUT2D eigenvalue weighted by Crippen LogP contribution is 2.25. The van der Waals surface area contributed by atoms with Crippen LogP contribution in [0.1, 0.15) is 59.3 Å². The highest BCUT2D eigenvalue weighted by atomic mass is 32.2. The average molecular weight is 302 g/mol. The molecule has 0 aromatic heterocycles. The molecule has 1 heterocycles. The maximum Gasteiger partial charge on any atom is 0.0459 e. The average Bonchev–Trinajstić information content (AvgIpc) is 2.42. The third kappa shape index (κ3) is 9.25. The van der Waals surface area contributed by atoms with Crippen LogP contribution in [0.5, 0.6) is 0 Å². The highest BCUT2D eigenvalue weighted by Gasteiger charge is 2.15. The lowest BCUT2D eigenvalue weighted by Gasteiger charge is -2.26. The van der Waals surface area contributed by atoms with Crippen LogP contribution in [0.4, 0.5) is 0 Å². The molecule has 0 aromatic rings. The Hall–Kier alpha value is 0.270. The molecule has 0 radical (unpaired) electrons. The Morgan fingerprint density at radius 2 is 1.75 bits per heavy atom.